The van der Waals surface area contributed by atoms with Crippen molar-refractivity contribution >= 4 is 0 Å². The molecule has 2 aromatic rings. The highest BCUT2D eigenvalue weighted by Crippen LogP contribution is 2.19. The quantitative estimate of drug-likeness (QED) is 0.845. The number of para-hydroxylation sites is 1. The highest BCUT2D eigenvalue weighted by molar-refractivity contribution is 5.33. The summed E-state index contributed by atoms with van der Waals surface area (Å²) < 4.78 is 5.79. The Morgan fingerprint density at radius 2 is 1.70 bits per heavy atom. The van der Waals surface area contributed by atoms with Gasteiger partial charge in [0, 0.05) is 18.7 Å². The first-order valence-corrected chi connectivity index (χ1v) is 6.88. The van der Waals surface area contributed by atoms with Crippen molar-refractivity contribution in [2.24, 2.45) is 0 Å². The minimum Gasteiger partial charge on any atom is -0.508 e. The van der Waals surface area contributed by atoms with Gasteiger partial charge in [0.15, 0.2) is 0 Å². The van der Waals surface area contributed by atoms with Crippen molar-refractivity contribution in [3.63, 3.8) is 0 Å². The molecular weight excluding hydrogens is 250 g/mol. The third-order valence-electron chi connectivity index (χ3n) is 2.92. The summed E-state index contributed by atoms with van der Waals surface area (Å²) >= 11 is 0. The lowest BCUT2D eigenvalue weighted by Crippen LogP contribution is -2.15. The van der Waals surface area contributed by atoms with Crippen LogP contribution in [0.5, 0.6) is 11.5 Å². The molecule has 0 fully saturated rings. The van der Waals surface area contributed by atoms with E-state index in [9.17, 15) is 5.11 Å². The summed E-state index contributed by atoms with van der Waals surface area (Å²) in [5, 5.41) is 12.6. The van der Waals surface area contributed by atoms with Crippen molar-refractivity contribution in [3.8, 4) is 11.5 Å². The summed E-state index contributed by atoms with van der Waals surface area (Å²) in [6.07, 6.45) is 0.174. The fourth-order valence-electron chi connectivity index (χ4n) is 1.97. The molecule has 0 saturated heterocycles. The maximum atomic E-state index is 9.24. The van der Waals surface area contributed by atoms with Crippen LogP contribution in [0.15, 0.2) is 48.5 Å². The van der Waals surface area contributed by atoms with E-state index in [1.165, 1.54) is 0 Å². The Balaban J connectivity index is 1.92. The van der Waals surface area contributed by atoms with Crippen LogP contribution < -0.4 is 10.1 Å². The molecule has 3 heteroatoms. The molecular formula is C17H21NO2. The second kappa shape index (κ2) is 6.96. The summed E-state index contributed by atoms with van der Waals surface area (Å²) in [5.41, 5.74) is 2.30. The van der Waals surface area contributed by atoms with E-state index in [2.05, 4.69) is 11.4 Å². The first-order chi connectivity index (χ1) is 9.65. The maximum Gasteiger partial charge on any atom is 0.124 e. The molecule has 0 aliphatic rings. The minimum atomic E-state index is 0.174. The second-order valence-corrected chi connectivity index (χ2v) is 5.04. The predicted octanol–water partition coefficient (Wildman–Crippen LogP) is 3.47. The highest BCUT2D eigenvalue weighted by Gasteiger charge is 2.04. The second-order valence-electron chi connectivity index (χ2n) is 5.04. The molecule has 3 nitrogen and oxygen atoms in total. The standard InChI is InChI=1S/C17H21NO2/c1-13(2)20-17-6-4-3-5-15(17)12-18-11-14-7-9-16(19)10-8-14/h3-10,13,18-19H,11-12H2,1-2H3. The topological polar surface area (TPSA) is 41.5 Å². The average molecular weight is 271 g/mol. The number of phenolic OH excluding ortho intramolecular Hbond substituents is 1. The predicted molar refractivity (Wildman–Crippen MR) is 80.9 cm³/mol. The first kappa shape index (κ1) is 14.4. The lowest BCUT2D eigenvalue weighted by Gasteiger charge is -2.14. The van der Waals surface area contributed by atoms with E-state index >= 15 is 0 Å². The SMILES string of the molecule is CC(C)Oc1ccccc1CNCc1ccc(O)cc1. The van der Waals surface area contributed by atoms with Crippen LogP contribution in [0.4, 0.5) is 0 Å². The molecule has 0 aliphatic heterocycles. The molecule has 0 amide bonds. The molecule has 2 N–H and O–H groups in total. The maximum absolute atomic E-state index is 9.24. The smallest absolute Gasteiger partial charge is 0.124 e. The van der Waals surface area contributed by atoms with Gasteiger partial charge in [-0.15, -0.1) is 0 Å². The third-order valence-corrected chi connectivity index (χ3v) is 2.92. The minimum absolute atomic E-state index is 0.174. The third kappa shape index (κ3) is 4.28. The summed E-state index contributed by atoms with van der Waals surface area (Å²) in [6, 6.07) is 15.3. The van der Waals surface area contributed by atoms with Gasteiger partial charge in [0.2, 0.25) is 0 Å². The molecule has 0 bridgehead atoms. The molecule has 0 unspecified atom stereocenters. The Bertz CT molecular complexity index is 535. The van der Waals surface area contributed by atoms with Gasteiger partial charge in [0.05, 0.1) is 6.10 Å². The van der Waals surface area contributed by atoms with Crippen molar-refractivity contribution < 1.29 is 9.84 Å². The largest absolute Gasteiger partial charge is 0.508 e. The van der Waals surface area contributed by atoms with E-state index in [-0.39, 0.29) is 6.10 Å². The first-order valence-electron chi connectivity index (χ1n) is 6.88. The molecule has 0 spiro atoms. The fourth-order valence-corrected chi connectivity index (χ4v) is 1.97. The van der Waals surface area contributed by atoms with Crippen LogP contribution in [0.25, 0.3) is 0 Å². The van der Waals surface area contributed by atoms with Crippen LogP contribution in [-0.4, -0.2) is 11.2 Å². The Kier molecular flexibility index (Phi) is 5.02. The summed E-state index contributed by atoms with van der Waals surface area (Å²) in [6.45, 7) is 5.57. The number of rotatable bonds is 6. The van der Waals surface area contributed by atoms with Crippen LogP contribution in [0.3, 0.4) is 0 Å². The molecule has 2 rings (SSSR count). The molecule has 0 aliphatic carbocycles. The van der Waals surface area contributed by atoms with Crippen LogP contribution in [0.2, 0.25) is 0 Å². The van der Waals surface area contributed by atoms with E-state index in [1.54, 1.807) is 12.1 Å². The number of benzene rings is 2. The molecule has 0 aromatic heterocycles. The van der Waals surface area contributed by atoms with Gasteiger partial charge in [-0.3, -0.25) is 0 Å². The van der Waals surface area contributed by atoms with Gasteiger partial charge < -0.3 is 15.2 Å². The Morgan fingerprint density at radius 3 is 2.40 bits per heavy atom. The van der Waals surface area contributed by atoms with Crippen molar-refractivity contribution in [3.05, 3.63) is 59.7 Å². The van der Waals surface area contributed by atoms with Gasteiger partial charge in [0.25, 0.3) is 0 Å². The normalized spacial score (nSPS) is 10.8. The number of ether oxygens (including phenoxy) is 1. The monoisotopic (exact) mass is 271 g/mol. The summed E-state index contributed by atoms with van der Waals surface area (Å²) in [4.78, 5) is 0. The molecule has 0 heterocycles. The Labute approximate surface area is 120 Å². The fraction of sp³-hybridized carbons (Fsp3) is 0.294. The molecule has 20 heavy (non-hydrogen) atoms. The van der Waals surface area contributed by atoms with E-state index in [1.807, 2.05) is 44.2 Å². The van der Waals surface area contributed by atoms with Crippen molar-refractivity contribution in [1.82, 2.24) is 5.32 Å². The molecule has 0 saturated carbocycles. The zero-order valence-electron chi connectivity index (χ0n) is 12.0. The van der Waals surface area contributed by atoms with Crippen LogP contribution in [0.1, 0.15) is 25.0 Å². The zero-order valence-corrected chi connectivity index (χ0v) is 12.0. The van der Waals surface area contributed by atoms with E-state index in [4.69, 9.17) is 4.74 Å². The molecule has 106 valence electrons. The number of hydrogen-bond donors (Lipinski definition) is 2. The number of nitrogens with one attached hydrogen (secondary N) is 1. The molecule has 0 radical (unpaired) electrons. The van der Waals surface area contributed by atoms with E-state index in [0.29, 0.717) is 5.75 Å². The number of aromatic hydroxyl groups is 1. The van der Waals surface area contributed by atoms with E-state index in [0.717, 1.165) is 30.0 Å². The van der Waals surface area contributed by atoms with Crippen molar-refractivity contribution in [2.75, 3.05) is 0 Å². The summed E-state index contributed by atoms with van der Waals surface area (Å²) in [7, 11) is 0. The average Bonchev–Trinajstić information content (AvgIpc) is 2.42. The lowest BCUT2D eigenvalue weighted by atomic mass is 10.2. The van der Waals surface area contributed by atoms with Crippen LogP contribution in [0, 0.1) is 0 Å². The number of phenols is 1. The number of hydrogen-bond acceptors (Lipinski definition) is 3. The molecule has 0 atom stereocenters. The van der Waals surface area contributed by atoms with Gasteiger partial charge in [-0.2, -0.15) is 0 Å². The van der Waals surface area contributed by atoms with Crippen molar-refractivity contribution in [2.45, 2.75) is 33.0 Å². The highest BCUT2D eigenvalue weighted by atomic mass is 16.5. The van der Waals surface area contributed by atoms with Gasteiger partial charge in [-0.1, -0.05) is 30.3 Å². The van der Waals surface area contributed by atoms with Gasteiger partial charge in [-0.25, -0.2) is 0 Å². The van der Waals surface area contributed by atoms with E-state index < -0.39 is 0 Å². The lowest BCUT2D eigenvalue weighted by molar-refractivity contribution is 0.239. The summed E-state index contributed by atoms with van der Waals surface area (Å²) in [5.74, 6) is 1.23. The zero-order chi connectivity index (χ0) is 14.4. The van der Waals surface area contributed by atoms with Crippen LogP contribution in [-0.2, 0) is 13.1 Å². The van der Waals surface area contributed by atoms with Crippen molar-refractivity contribution in [1.29, 1.82) is 0 Å². The molecule has 2 aromatic carbocycles. The van der Waals surface area contributed by atoms with Gasteiger partial charge in [0.1, 0.15) is 11.5 Å². The Morgan fingerprint density at radius 1 is 1.00 bits per heavy atom. The van der Waals surface area contributed by atoms with Crippen LogP contribution >= 0.6 is 0 Å². The van der Waals surface area contributed by atoms with Gasteiger partial charge >= 0.3 is 0 Å². The van der Waals surface area contributed by atoms with Gasteiger partial charge in [-0.05, 0) is 37.6 Å². The Hall–Kier alpha value is -2.00.